The van der Waals surface area contributed by atoms with Crippen LogP contribution < -0.4 is 10.6 Å². The van der Waals surface area contributed by atoms with Crippen LogP contribution in [-0.4, -0.2) is 7.05 Å². The second-order valence-electron chi connectivity index (χ2n) is 3.65. The van der Waals surface area contributed by atoms with E-state index in [-0.39, 0.29) is 0 Å². The molecule has 0 saturated heterocycles. The molecule has 0 bridgehead atoms. The molecule has 0 fully saturated rings. The summed E-state index contributed by atoms with van der Waals surface area (Å²) in [5, 5.41) is 3.91. The van der Waals surface area contributed by atoms with Crippen molar-refractivity contribution in [2.45, 2.75) is 6.92 Å². The number of hydrogen-bond acceptors (Lipinski definition) is 3. The first-order valence-electron chi connectivity index (χ1n) is 4.93. The maximum absolute atomic E-state index is 6.18. The highest BCUT2D eigenvalue weighted by Gasteiger charge is 2.13. The molecule has 1 heterocycles. The average molecular weight is 253 g/mol. The van der Waals surface area contributed by atoms with Crippen LogP contribution in [0.15, 0.2) is 29.6 Å². The topological polar surface area (TPSA) is 29.3 Å². The maximum atomic E-state index is 6.18. The van der Waals surface area contributed by atoms with Gasteiger partial charge in [0.2, 0.25) is 0 Å². The number of benzene rings is 1. The summed E-state index contributed by atoms with van der Waals surface area (Å²) < 4.78 is 0. The number of nitrogens with zero attached hydrogens (tertiary/aromatic N) is 1. The van der Waals surface area contributed by atoms with Gasteiger partial charge in [-0.3, -0.25) is 0 Å². The molecule has 0 aliphatic heterocycles. The van der Waals surface area contributed by atoms with Gasteiger partial charge in [-0.25, -0.2) is 0 Å². The predicted molar refractivity (Wildman–Crippen MR) is 73.0 cm³/mol. The van der Waals surface area contributed by atoms with E-state index >= 15 is 0 Å². The molecule has 0 unspecified atom stereocenters. The summed E-state index contributed by atoms with van der Waals surface area (Å²) in [6.45, 7) is 2.08. The van der Waals surface area contributed by atoms with E-state index in [0.717, 1.165) is 5.69 Å². The molecular formula is C12H13ClN2S. The Morgan fingerprint density at radius 2 is 2.06 bits per heavy atom. The number of halogens is 1. The van der Waals surface area contributed by atoms with Crippen LogP contribution in [0.2, 0.25) is 5.02 Å². The van der Waals surface area contributed by atoms with Gasteiger partial charge in [0.15, 0.2) is 0 Å². The van der Waals surface area contributed by atoms with Gasteiger partial charge in [0.25, 0.3) is 0 Å². The molecule has 0 amide bonds. The van der Waals surface area contributed by atoms with E-state index in [2.05, 4.69) is 18.4 Å². The number of nitrogen functional groups attached to an aromatic ring is 1. The fourth-order valence-corrected chi connectivity index (χ4v) is 2.91. The van der Waals surface area contributed by atoms with Crippen LogP contribution in [0.25, 0.3) is 0 Å². The van der Waals surface area contributed by atoms with Crippen LogP contribution in [0.4, 0.5) is 16.4 Å². The number of rotatable bonds is 2. The van der Waals surface area contributed by atoms with E-state index in [9.17, 15) is 0 Å². The van der Waals surface area contributed by atoms with Crippen molar-refractivity contribution in [1.29, 1.82) is 0 Å². The first-order chi connectivity index (χ1) is 7.61. The highest BCUT2D eigenvalue weighted by Crippen LogP contribution is 2.38. The van der Waals surface area contributed by atoms with Crippen LogP contribution >= 0.6 is 22.9 Å². The van der Waals surface area contributed by atoms with E-state index in [0.29, 0.717) is 10.7 Å². The van der Waals surface area contributed by atoms with Gasteiger partial charge in [-0.05, 0) is 36.1 Å². The summed E-state index contributed by atoms with van der Waals surface area (Å²) in [7, 11) is 1.98. The summed E-state index contributed by atoms with van der Waals surface area (Å²) in [5.74, 6) is 0. The third-order valence-corrected chi connectivity index (χ3v) is 3.89. The molecule has 0 aliphatic carbocycles. The molecule has 2 aromatic rings. The summed E-state index contributed by atoms with van der Waals surface area (Å²) in [6.07, 6.45) is 0. The van der Waals surface area contributed by atoms with E-state index in [1.165, 1.54) is 10.6 Å². The lowest BCUT2D eigenvalue weighted by atomic mass is 10.2. The number of anilines is 3. The highest BCUT2D eigenvalue weighted by atomic mass is 35.5. The Morgan fingerprint density at radius 3 is 2.62 bits per heavy atom. The van der Waals surface area contributed by atoms with Crippen molar-refractivity contribution in [3.8, 4) is 0 Å². The lowest BCUT2D eigenvalue weighted by molar-refractivity contribution is 1.22. The van der Waals surface area contributed by atoms with Crippen LogP contribution in [0.5, 0.6) is 0 Å². The minimum Gasteiger partial charge on any atom is -0.397 e. The predicted octanol–water partition coefficient (Wildman–Crippen LogP) is 4.06. The smallest absolute Gasteiger partial charge is 0.0981 e. The summed E-state index contributed by atoms with van der Waals surface area (Å²) in [6, 6.07) is 7.66. The van der Waals surface area contributed by atoms with Gasteiger partial charge >= 0.3 is 0 Å². The van der Waals surface area contributed by atoms with E-state index < -0.39 is 0 Å². The van der Waals surface area contributed by atoms with E-state index in [1.807, 2.05) is 30.1 Å². The van der Waals surface area contributed by atoms with Crippen molar-refractivity contribution < 1.29 is 0 Å². The van der Waals surface area contributed by atoms with Crippen molar-refractivity contribution in [2.24, 2.45) is 0 Å². The Morgan fingerprint density at radius 1 is 1.31 bits per heavy atom. The molecule has 84 valence electrons. The zero-order chi connectivity index (χ0) is 11.7. The van der Waals surface area contributed by atoms with E-state index in [4.69, 9.17) is 17.3 Å². The second-order valence-corrected chi connectivity index (χ2v) is 4.95. The third-order valence-electron chi connectivity index (χ3n) is 2.49. The maximum Gasteiger partial charge on any atom is 0.0981 e. The first-order valence-corrected chi connectivity index (χ1v) is 6.19. The quantitative estimate of drug-likeness (QED) is 0.817. The standard InChI is InChI=1S/C12H13ClN2S/c1-8-6-7-16-12(8)15(2)11-9(13)4-3-5-10(11)14/h3-7H,14H2,1-2H3. The van der Waals surface area contributed by atoms with Crippen molar-refractivity contribution >= 4 is 39.3 Å². The van der Waals surface area contributed by atoms with Crippen LogP contribution in [0.3, 0.4) is 0 Å². The van der Waals surface area contributed by atoms with Gasteiger partial charge in [-0.15, -0.1) is 11.3 Å². The highest BCUT2D eigenvalue weighted by molar-refractivity contribution is 7.14. The Labute approximate surface area is 104 Å². The lowest BCUT2D eigenvalue weighted by Gasteiger charge is -2.21. The molecule has 1 aromatic carbocycles. The average Bonchev–Trinajstić information content (AvgIpc) is 2.64. The monoisotopic (exact) mass is 252 g/mol. The largest absolute Gasteiger partial charge is 0.397 e. The Balaban J connectivity index is 2.49. The van der Waals surface area contributed by atoms with Crippen molar-refractivity contribution in [1.82, 2.24) is 0 Å². The Bertz CT molecular complexity index is 487. The molecule has 16 heavy (non-hydrogen) atoms. The molecule has 2 nitrogen and oxygen atoms in total. The number of hydrogen-bond donors (Lipinski definition) is 1. The molecule has 4 heteroatoms. The van der Waals surface area contributed by atoms with Gasteiger partial charge in [0, 0.05) is 7.05 Å². The summed E-state index contributed by atoms with van der Waals surface area (Å²) in [4.78, 5) is 2.04. The summed E-state index contributed by atoms with van der Waals surface area (Å²) in [5.41, 5.74) is 8.75. The molecule has 0 atom stereocenters. The minimum atomic E-state index is 0.676. The zero-order valence-electron chi connectivity index (χ0n) is 9.20. The van der Waals surface area contributed by atoms with Crippen molar-refractivity contribution in [3.05, 3.63) is 40.2 Å². The minimum absolute atomic E-state index is 0.676. The molecular weight excluding hydrogens is 240 g/mol. The molecule has 2 rings (SSSR count). The Kier molecular flexibility index (Phi) is 3.08. The van der Waals surface area contributed by atoms with Crippen LogP contribution in [-0.2, 0) is 0 Å². The second kappa shape index (κ2) is 4.36. The van der Waals surface area contributed by atoms with Crippen LogP contribution in [0.1, 0.15) is 5.56 Å². The fourth-order valence-electron chi connectivity index (χ4n) is 1.70. The zero-order valence-corrected chi connectivity index (χ0v) is 10.8. The molecule has 2 N–H and O–H groups in total. The molecule has 0 radical (unpaired) electrons. The van der Waals surface area contributed by atoms with Gasteiger partial charge in [-0.1, -0.05) is 17.7 Å². The van der Waals surface area contributed by atoms with Gasteiger partial charge in [0.05, 0.1) is 21.4 Å². The summed E-state index contributed by atoms with van der Waals surface area (Å²) >= 11 is 7.86. The number of para-hydroxylation sites is 1. The normalized spacial score (nSPS) is 10.4. The van der Waals surface area contributed by atoms with Crippen LogP contribution in [0, 0.1) is 6.92 Å². The molecule has 0 spiro atoms. The first kappa shape index (κ1) is 11.3. The van der Waals surface area contributed by atoms with E-state index in [1.54, 1.807) is 11.3 Å². The molecule has 0 aliphatic rings. The van der Waals surface area contributed by atoms with Crippen molar-refractivity contribution in [2.75, 3.05) is 17.7 Å². The molecule has 1 aromatic heterocycles. The number of thiophene rings is 1. The fraction of sp³-hybridized carbons (Fsp3) is 0.167. The Hall–Kier alpha value is -1.19. The van der Waals surface area contributed by atoms with Gasteiger partial charge < -0.3 is 10.6 Å². The van der Waals surface area contributed by atoms with Crippen molar-refractivity contribution in [3.63, 3.8) is 0 Å². The molecule has 0 saturated carbocycles. The van der Waals surface area contributed by atoms with Gasteiger partial charge in [-0.2, -0.15) is 0 Å². The number of nitrogens with two attached hydrogens (primary N) is 1. The third kappa shape index (κ3) is 1.88. The number of aryl methyl sites for hydroxylation is 1. The lowest BCUT2D eigenvalue weighted by Crippen LogP contribution is -2.11. The SMILES string of the molecule is Cc1ccsc1N(C)c1c(N)cccc1Cl. The van der Waals surface area contributed by atoms with Gasteiger partial charge in [0.1, 0.15) is 0 Å².